The second-order valence-corrected chi connectivity index (χ2v) is 8.44. The van der Waals surface area contributed by atoms with Crippen molar-refractivity contribution in [1.82, 2.24) is 4.72 Å². The molecule has 2 rings (SSSR count). The summed E-state index contributed by atoms with van der Waals surface area (Å²) in [4.78, 5) is 0.127. The molecule has 6 heteroatoms. The third kappa shape index (κ3) is 4.82. The molecule has 4 nitrogen and oxygen atoms in total. The summed E-state index contributed by atoms with van der Waals surface area (Å²) >= 11 is 5.83. The van der Waals surface area contributed by atoms with Gasteiger partial charge in [0.05, 0.1) is 17.0 Å². The molecule has 0 bridgehead atoms. The zero-order valence-corrected chi connectivity index (χ0v) is 16.2. The van der Waals surface area contributed by atoms with Gasteiger partial charge in [-0.15, -0.1) is 0 Å². The molecule has 0 amide bonds. The number of hydrogen-bond acceptors (Lipinski definition) is 3. The molecule has 2 aromatic carbocycles. The van der Waals surface area contributed by atoms with Gasteiger partial charge in [0.2, 0.25) is 10.0 Å². The lowest BCUT2D eigenvalue weighted by Crippen LogP contribution is -2.43. The van der Waals surface area contributed by atoms with E-state index >= 15 is 0 Å². The molecular weight excluding hydrogens is 358 g/mol. The van der Waals surface area contributed by atoms with E-state index in [-0.39, 0.29) is 10.8 Å². The summed E-state index contributed by atoms with van der Waals surface area (Å²) in [5.74, 6) is -0.0447. The topological polar surface area (TPSA) is 66.4 Å². The number of nitrogens with one attached hydrogen (secondary N) is 1. The molecule has 0 fully saturated rings. The summed E-state index contributed by atoms with van der Waals surface area (Å²) < 4.78 is 28.1. The van der Waals surface area contributed by atoms with Crippen LogP contribution in [0.4, 0.5) is 0 Å². The smallest absolute Gasteiger partial charge is 0.240 e. The average Bonchev–Trinajstić information content (AvgIpc) is 2.59. The van der Waals surface area contributed by atoms with Gasteiger partial charge in [-0.05, 0) is 48.2 Å². The van der Waals surface area contributed by atoms with Crippen molar-refractivity contribution >= 4 is 21.6 Å². The van der Waals surface area contributed by atoms with Gasteiger partial charge in [0.15, 0.2) is 0 Å². The summed E-state index contributed by atoms with van der Waals surface area (Å²) in [6.45, 7) is 5.80. The highest BCUT2D eigenvalue weighted by Crippen LogP contribution is 2.27. The maximum atomic E-state index is 12.7. The van der Waals surface area contributed by atoms with Crippen molar-refractivity contribution in [2.24, 2.45) is 5.92 Å². The molecule has 2 aromatic rings. The molecular formula is C19H24ClNO3S. The van der Waals surface area contributed by atoms with E-state index in [2.05, 4.69) is 4.72 Å². The molecule has 0 saturated carbocycles. The van der Waals surface area contributed by atoms with Crippen molar-refractivity contribution in [1.29, 1.82) is 0 Å². The van der Waals surface area contributed by atoms with E-state index in [9.17, 15) is 13.5 Å². The molecule has 3 unspecified atom stereocenters. The molecule has 0 heterocycles. The van der Waals surface area contributed by atoms with Crippen LogP contribution in [0.3, 0.4) is 0 Å². The highest BCUT2D eigenvalue weighted by molar-refractivity contribution is 7.89. The van der Waals surface area contributed by atoms with Crippen molar-refractivity contribution in [3.8, 4) is 0 Å². The normalized spacial score (nSPS) is 15.6. The molecule has 0 radical (unpaired) electrons. The van der Waals surface area contributed by atoms with Crippen LogP contribution in [-0.2, 0) is 10.0 Å². The molecule has 3 atom stereocenters. The first kappa shape index (κ1) is 19.9. The molecule has 0 saturated heterocycles. The van der Waals surface area contributed by atoms with Gasteiger partial charge in [-0.3, -0.25) is 0 Å². The summed E-state index contributed by atoms with van der Waals surface area (Å²) in [5.41, 5.74) is 1.65. The van der Waals surface area contributed by atoms with Crippen molar-refractivity contribution in [2.75, 3.05) is 0 Å². The van der Waals surface area contributed by atoms with Gasteiger partial charge >= 0.3 is 0 Å². The molecule has 0 aromatic heterocycles. The predicted molar refractivity (Wildman–Crippen MR) is 101 cm³/mol. The van der Waals surface area contributed by atoms with Gasteiger partial charge in [-0.2, -0.15) is 0 Å². The van der Waals surface area contributed by atoms with E-state index in [4.69, 9.17) is 11.6 Å². The maximum absolute atomic E-state index is 12.7. The monoisotopic (exact) mass is 381 g/mol. The molecule has 0 aliphatic heterocycles. The fraction of sp³-hybridized carbons (Fsp3) is 0.368. The van der Waals surface area contributed by atoms with E-state index in [0.717, 1.165) is 17.5 Å². The minimum absolute atomic E-state index is 0.0447. The van der Waals surface area contributed by atoms with E-state index < -0.39 is 22.2 Å². The number of aliphatic hydroxyl groups excluding tert-OH is 1. The number of rotatable bonds is 7. The third-order valence-corrected chi connectivity index (χ3v) is 6.25. The van der Waals surface area contributed by atoms with Gasteiger partial charge in [-0.25, -0.2) is 13.1 Å². The lowest BCUT2D eigenvalue weighted by Gasteiger charge is -2.30. The van der Waals surface area contributed by atoms with Crippen LogP contribution in [0.5, 0.6) is 0 Å². The molecule has 0 aliphatic carbocycles. The van der Waals surface area contributed by atoms with Crippen LogP contribution < -0.4 is 4.72 Å². The van der Waals surface area contributed by atoms with Gasteiger partial charge in [-0.1, -0.05) is 56.1 Å². The molecule has 2 N–H and O–H groups in total. The largest absolute Gasteiger partial charge is 0.387 e. The summed E-state index contributed by atoms with van der Waals surface area (Å²) in [7, 11) is -3.77. The molecule has 25 heavy (non-hydrogen) atoms. The summed E-state index contributed by atoms with van der Waals surface area (Å²) in [5, 5.41) is 11.3. The van der Waals surface area contributed by atoms with E-state index in [1.54, 1.807) is 0 Å². The zero-order chi connectivity index (χ0) is 18.6. The zero-order valence-electron chi connectivity index (χ0n) is 14.6. The summed E-state index contributed by atoms with van der Waals surface area (Å²) in [6.07, 6.45) is -0.199. The first-order chi connectivity index (χ1) is 11.8. The Kier molecular flexibility index (Phi) is 6.63. The van der Waals surface area contributed by atoms with Gasteiger partial charge in [0.25, 0.3) is 0 Å². The first-order valence-electron chi connectivity index (χ1n) is 8.27. The molecule has 0 spiro atoms. The van der Waals surface area contributed by atoms with Crippen molar-refractivity contribution < 1.29 is 13.5 Å². The number of hydrogen-bond donors (Lipinski definition) is 2. The van der Waals surface area contributed by atoms with Crippen LogP contribution in [-0.4, -0.2) is 19.6 Å². The number of aliphatic hydroxyl groups is 1. The Labute approximate surface area is 154 Å². The number of halogens is 1. The van der Waals surface area contributed by atoms with Crippen LogP contribution in [0.2, 0.25) is 5.02 Å². The van der Waals surface area contributed by atoms with Crippen molar-refractivity contribution in [2.45, 2.75) is 44.2 Å². The lowest BCUT2D eigenvalue weighted by atomic mass is 9.89. The van der Waals surface area contributed by atoms with Crippen LogP contribution in [0.1, 0.15) is 37.5 Å². The van der Waals surface area contributed by atoms with E-state index in [1.165, 1.54) is 24.3 Å². The minimum atomic E-state index is -3.77. The quantitative estimate of drug-likeness (QED) is 0.759. The Morgan fingerprint density at radius 2 is 1.72 bits per heavy atom. The second kappa shape index (κ2) is 8.32. The molecule has 136 valence electrons. The summed E-state index contributed by atoms with van der Waals surface area (Å²) in [6, 6.07) is 12.8. The SMILES string of the molecule is CCC(C)C(NS(=O)(=O)c1ccc(Cl)cc1)C(O)c1ccccc1C. The average molecular weight is 382 g/mol. The Bertz CT molecular complexity index is 806. The first-order valence-corrected chi connectivity index (χ1v) is 10.1. The highest BCUT2D eigenvalue weighted by atomic mass is 35.5. The third-order valence-electron chi connectivity index (χ3n) is 4.52. The maximum Gasteiger partial charge on any atom is 0.240 e. The van der Waals surface area contributed by atoms with Crippen LogP contribution >= 0.6 is 11.6 Å². The second-order valence-electron chi connectivity index (χ2n) is 6.29. The van der Waals surface area contributed by atoms with Crippen molar-refractivity contribution in [3.05, 3.63) is 64.7 Å². The number of sulfonamides is 1. The fourth-order valence-electron chi connectivity index (χ4n) is 2.72. The van der Waals surface area contributed by atoms with Crippen LogP contribution in [0.15, 0.2) is 53.4 Å². The van der Waals surface area contributed by atoms with E-state index in [1.807, 2.05) is 45.0 Å². The number of benzene rings is 2. The lowest BCUT2D eigenvalue weighted by molar-refractivity contribution is 0.111. The fourth-order valence-corrected chi connectivity index (χ4v) is 4.19. The Morgan fingerprint density at radius 1 is 1.12 bits per heavy atom. The highest BCUT2D eigenvalue weighted by Gasteiger charge is 2.31. The number of aryl methyl sites for hydroxylation is 1. The van der Waals surface area contributed by atoms with Gasteiger partial charge < -0.3 is 5.11 Å². The van der Waals surface area contributed by atoms with Gasteiger partial charge in [0, 0.05) is 5.02 Å². The van der Waals surface area contributed by atoms with Crippen LogP contribution in [0, 0.1) is 12.8 Å². The predicted octanol–water partition coefficient (Wildman–Crippen LogP) is 4.08. The van der Waals surface area contributed by atoms with Gasteiger partial charge in [0.1, 0.15) is 0 Å². The Hall–Kier alpha value is -1.40. The van der Waals surface area contributed by atoms with Crippen LogP contribution in [0.25, 0.3) is 0 Å². The Balaban J connectivity index is 2.35. The molecule has 0 aliphatic rings. The Morgan fingerprint density at radius 3 is 2.28 bits per heavy atom. The standard InChI is InChI=1S/C19H24ClNO3S/c1-4-13(2)18(19(22)17-8-6-5-7-14(17)3)21-25(23,24)16-11-9-15(20)10-12-16/h5-13,18-19,21-22H,4H2,1-3H3. The van der Waals surface area contributed by atoms with Crippen molar-refractivity contribution in [3.63, 3.8) is 0 Å². The van der Waals surface area contributed by atoms with E-state index in [0.29, 0.717) is 5.02 Å². The minimum Gasteiger partial charge on any atom is -0.387 e.